The number of nitrogens with zero attached hydrogens (tertiary/aromatic N) is 2. The van der Waals surface area contributed by atoms with Crippen molar-refractivity contribution >= 4 is 17.8 Å². The van der Waals surface area contributed by atoms with Gasteiger partial charge in [0.15, 0.2) is 0 Å². The Bertz CT molecular complexity index is 753. The van der Waals surface area contributed by atoms with Gasteiger partial charge in [0.1, 0.15) is 5.54 Å². The Balaban J connectivity index is 1.99. The van der Waals surface area contributed by atoms with Gasteiger partial charge < -0.3 is 5.32 Å². The van der Waals surface area contributed by atoms with E-state index < -0.39 is 35.1 Å². The summed E-state index contributed by atoms with van der Waals surface area (Å²) in [4.78, 5) is 37.6. The fraction of sp³-hybridized carbons (Fsp3) is 0.471. The van der Waals surface area contributed by atoms with E-state index in [-0.39, 0.29) is 18.7 Å². The van der Waals surface area contributed by atoms with Crippen LogP contribution < -0.4 is 10.7 Å². The molecule has 1 aliphatic rings. The molecule has 0 saturated carbocycles. The van der Waals surface area contributed by atoms with Crippen molar-refractivity contribution in [3.8, 4) is 0 Å². The number of amides is 4. The van der Waals surface area contributed by atoms with Gasteiger partial charge >= 0.3 is 12.2 Å². The van der Waals surface area contributed by atoms with Crippen molar-refractivity contribution in [2.45, 2.75) is 38.5 Å². The Kier molecular flexibility index (Phi) is 5.79. The molecule has 2 N–H and O–H groups in total. The predicted molar refractivity (Wildman–Crippen MR) is 90.0 cm³/mol. The molecule has 27 heavy (non-hydrogen) atoms. The van der Waals surface area contributed by atoms with E-state index in [0.717, 1.165) is 6.07 Å². The molecule has 1 aromatic carbocycles. The van der Waals surface area contributed by atoms with E-state index in [2.05, 4.69) is 10.7 Å². The topological polar surface area (TPSA) is 81.8 Å². The minimum absolute atomic E-state index is 0.0221. The molecule has 1 atom stereocenters. The van der Waals surface area contributed by atoms with Crippen molar-refractivity contribution in [1.29, 1.82) is 0 Å². The van der Waals surface area contributed by atoms with Crippen molar-refractivity contribution in [3.05, 3.63) is 35.4 Å². The number of urea groups is 1. The molecule has 0 spiro atoms. The number of nitrogens with one attached hydrogen (secondary N) is 2. The van der Waals surface area contributed by atoms with Crippen molar-refractivity contribution in [3.63, 3.8) is 0 Å². The van der Waals surface area contributed by atoms with Crippen molar-refractivity contribution in [1.82, 2.24) is 20.7 Å². The molecule has 4 amide bonds. The molecule has 1 aliphatic heterocycles. The van der Waals surface area contributed by atoms with Gasteiger partial charge in [-0.2, -0.15) is 18.2 Å². The Morgan fingerprint density at radius 2 is 1.93 bits per heavy atom. The van der Waals surface area contributed by atoms with Crippen LogP contribution >= 0.6 is 0 Å². The quantitative estimate of drug-likeness (QED) is 0.732. The second-order valence-electron chi connectivity index (χ2n) is 6.62. The van der Waals surface area contributed by atoms with Crippen molar-refractivity contribution in [2.24, 2.45) is 0 Å². The molecule has 0 unspecified atom stereocenters. The Hall–Kier alpha value is -2.62. The highest BCUT2D eigenvalue weighted by Gasteiger charge is 2.47. The van der Waals surface area contributed by atoms with Gasteiger partial charge in [0.05, 0.1) is 12.1 Å². The number of likely N-dealkylation sites (N-methyl/N-ethyl adjacent to an activating group) is 1. The normalized spacial score (nSPS) is 20.2. The molecular weight excluding hydrogens is 365 g/mol. The first-order valence-electron chi connectivity index (χ1n) is 8.27. The van der Waals surface area contributed by atoms with E-state index in [4.69, 9.17) is 0 Å². The summed E-state index contributed by atoms with van der Waals surface area (Å²) in [5, 5.41) is 3.09. The summed E-state index contributed by atoms with van der Waals surface area (Å²) in [6, 6.07) is 4.34. The molecule has 10 heteroatoms. The number of halogens is 3. The van der Waals surface area contributed by atoms with Crippen LogP contribution in [0.4, 0.5) is 18.0 Å². The average Bonchev–Trinajstić information content (AvgIpc) is 2.78. The third-order valence-electron chi connectivity index (χ3n) is 4.38. The molecule has 1 aromatic rings. The molecular formula is C17H21F3N4O3. The first-order valence-corrected chi connectivity index (χ1v) is 8.27. The molecule has 0 aromatic heterocycles. The third-order valence-corrected chi connectivity index (χ3v) is 4.38. The Morgan fingerprint density at radius 1 is 1.30 bits per heavy atom. The number of hydrazine groups is 1. The highest BCUT2D eigenvalue weighted by atomic mass is 19.4. The lowest BCUT2D eigenvalue weighted by atomic mass is 10.00. The van der Waals surface area contributed by atoms with Crippen LogP contribution in [0.25, 0.3) is 0 Å². The second kappa shape index (κ2) is 7.55. The van der Waals surface area contributed by atoms with E-state index in [9.17, 15) is 27.6 Å². The fourth-order valence-electron chi connectivity index (χ4n) is 2.71. The zero-order chi connectivity index (χ0) is 20.4. The number of carbonyl (C=O) groups excluding carboxylic acids is 3. The zero-order valence-corrected chi connectivity index (χ0v) is 15.2. The van der Waals surface area contributed by atoms with E-state index >= 15 is 0 Å². The van der Waals surface area contributed by atoms with E-state index in [1.54, 1.807) is 13.8 Å². The van der Waals surface area contributed by atoms with Gasteiger partial charge in [0.25, 0.3) is 11.8 Å². The van der Waals surface area contributed by atoms with Crippen molar-refractivity contribution in [2.75, 3.05) is 13.6 Å². The molecule has 0 bridgehead atoms. The van der Waals surface area contributed by atoms with Crippen LogP contribution in [0, 0.1) is 0 Å². The van der Waals surface area contributed by atoms with Crippen LogP contribution in [0.3, 0.4) is 0 Å². The number of carbonyl (C=O) groups is 3. The van der Waals surface area contributed by atoms with Crippen LogP contribution in [0.2, 0.25) is 0 Å². The lowest BCUT2D eigenvalue weighted by Crippen LogP contribution is -2.50. The maximum Gasteiger partial charge on any atom is 0.416 e. The average molecular weight is 386 g/mol. The molecule has 0 radical (unpaired) electrons. The fourth-order valence-corrected chi connectivity index (χ4v) is 2.71. The van der Waals surface area contributed by atoms with Gasteiger partial charge in [-0.15, -0.1) is 0 Å². The van der Waals surface area contributed by atoms with Gasteiger partial charge in [-0.25, -0.2) is 4.79 Å². The lowest BCUT2D eigenvalue weighted by Gasteiger charge is -2.22. The van der Waals surface area contributed by atoms with E-state index in [0.29, 0.717) is 11.4 Å². The largest absolute Gasteiger partial charge is 0.416 e. The molecule has 1 heterocycles. The van der Waals surface area contributed by atoms with Crippen LogP contribution in [0.5, 0.6) is 0 Å². The molecule has 1 saturated heterocycles. The summed E-state index contributed by atoms with van der Waals surface area (Å²) in [7, 11) is 1.47. The summed E-state index contributed by atoms with van der Waals surface area (Å²) in [5.41, 5.74) is 0.352. The molecule has 1 fully saturated rings. The van der Waals surface area contributed by atoms with Crippen molar-refractivity contribution < 1.29 is 27.6 Å². The summed E-state index contributed by atoms with van der Waals surface area (Å²) < 4.78 is 39.1. The van der Waals surface area contributed by atoms with Gasteiger partial charge in [-0.05, 0) is 32.0 Å². The minimum Gasteiger partial charge on any atom is -0.322 e. The first-order chi connectivity index (χ1) is 12.5. The Labute approximate surface area is 154 Å². The summed E-state index contributed by atoms with van der Waals surface area (Å²) in [6.45, 7) is 2.83. The molecule has 2 rings (SSSR count). The van der Waals surface area contributed by atoms with Gasteiger partial charge in [-0.3, -0.25) is 19.9 Å². The predicted octanol–water partition coefficient (Wildman–Crippen LogP) is 1.89. The molecule has 7 nitrogen and oxygen atoms in total. The van der Waals surface area contributed by atoms with Crippen LogP contribution in [0.15, 0.2) is 24.3 Å². The van der Waals surface area contributed by atoms with Gasteiger partial charge in [0.2, 0.25) is 0 Å². The first kappa shape index (κ1) is 20.7. The monoisotopic (exact) mass is 386 g/mol. The smallest absolute Gasteiger partial charge is 0.322 e. The summed E-state index contributed by atoms with van der Waals surface area (Å²) >= 11 is 0. The van der Waals surface area contributed by atoms with Crippen LogP contribution in [-0.2, 0) is 22.3 Å². The maximum absolute atomic E-state index is 13.0. The second-order valence-corrected chi connectivity index (χ2v) is 6.62. The number of hydrogen-bond donors (Lipinski definition) is 2. The van der Waals surface area contributed by atoms with Crippen LogP contribution in [0.1, 0.15) is 31.4 Å². The van der Waals surface area contributed by atoms with Gasteiger partial charge in [-0.1, -0.05) is 25.1 Å². The maximum atomic E-state index is 13.0. The number of hydrogen-bond acceptors (Lipinski definition) is 4. The number of rotatable bonds is 6. The minimum atomic E-state index is -4.50. The van der Waals surface area contributed by atoms with E-state index in [1.165, 1.54) is 30.1 Å². The highest BCUT2D eigenvalue weighted by molar-refractivity contribution is 6.07. The van der Waals surface area contributed by atoms with Gasteiger partial charge in [0, 0.05) is 6.54 Å². The van der Waals surface area contributed by atoms with E-state index in [1.807, 2.05) is 0 Å². The number of alkyl halides is 3. The standard InChI is InChI=1S/C17H21F3N4O3/c1-4-16(2)14(26)24(15(27)21-16)22-13(25)10-23(3)9-11-7-5-6-8-12(11)17(18,19)20/h5-8H,4,9-10H2,1-3H3,(H,21,27)(H,22,25)/t16-/m0/s1. The van der Waals surface area contributed by atoms with Crippen LogP contribution in [-0.4, -0.2) is 46.9 Å². The highest BCUT2D eigenvalue weighted by Crippen LogP contribution is 2.32. The Morgan fingerprint density at radius 3 is 2.48 bits per heavy atom. The zero-order valence-electron chi connectivity index (χ0n) is 15.2. The summed E-state index contributed by atoms with van der Waals surface area (Å²) in [6.07, 6.45) is -4.15. The third kappa shape index (κ3) is 4.57. The molecule has 0 aliphatic carbocycles. The molecule has 148 valence electrons. The number of benzene rings is 1. The SMILES string of the molecule is CC[C@]1(C)NC(=O)N(NC(=O)CN(C)Cc2ccccc2C(F)(F)F)C1=O. The number of imide groups is 1. The summed E-state index contributed by atoms with van der Waals surface area (Å²) in [5.74, 6) is -1.28. The lowest BCUT2D eigenvalue weighted by molar-refractivity contribution is -0.139.